The van der Waals surface area contributed by atoms with Gasteiger partial charge in [0, 0.05) is 5.92 Å². The van der Waals surface area contributed by atoms with E-state index in [1.165, 1.54) is 0 Å². The smallest absolute Gasteiger partial charge is 0.125 e. The van der Waals surface area contributed by atoms with Gasteiger partial charge in [0.25, 0.3) is 0 Å². The molecule has 0 heterocycles. The maximum Gasteiger partial charge on any atom is 0.125 e. The first-order chi connectivity index (χ1) is 5.40. The summed E-state index contributed by atoms with van der Waals surface area (Å²) in [5, 5.41) is 0. The third-order valence-corrected chi connectivity index (χ3v) is 2.34. The molecule has 0 aliphatic heterocycles. The Bertz CT molecular complexity index is 139. The predicted octanol–water partition coefficient (Wildman–Crippen LogP) is 2.27. The van der Waals surface area contributed by atoms with Crippen LogP contribution in [0.2, 0.25) is 0 Å². The minimum absolute atomic E-state index is 0.00280. The first-order valence-corrected chi connectivity index (χ1v) is 4.49. The van der Waals surface area contributed by atoms with Crippen molar-refractivity contribution >= 4 is 6.29 Å². The quantitative estimate of drug-likeness (QED) is 0.595. The normalized spacial score (nSPS) is 14.8. The second-order valence-electron chi connectivity index (χ2n) is 4.18. The second kappa shape index (κ2) is 4.61. The number of hydrogen-bond donors (Lipinski definition) is 0. The van der Waals surface area contributed by atoms with Crippen LogP contribution < -0.4 is 0 Å². The number of ether oxygens (including phenoxy) is 1. The van der Waals surface area contributed by atoms with Crippen LogP contribution in [0.4, 0.5) is 0 Å². The highest BCUT2D eigenvalue weighted by atomic mass is 16.5. The van der Waals surface area contributed by atoms with E-state index in [1.807, 2.05) is 6.92 Å². The molecule has 0 N–H and O–H groups in total. The first-order valence-electron chi connectivity index (χ1n) is 4.49. The lowest BCUT2D eigenvalue weighted by Gasteiger charge is -2.30. The molecule has 0 saturated heterocycles. The summed E-state index contributed by atoms with van der Waals surface area (Å²) in [6.07, 6.45) is 0.927. The molecule has 0 aromatic rings. The van der Waals surface area contributed by atoms with Crippen molar-refractivity contribution in [1.82, 2.24) is 0 Å². The number of carbonyl (C=O) groups excluding carboxylic acids is 1. The van der Waals surface area contributed by atoms with Gasteiger partial charge in [-0.25, -0.2) is 0 Å². The molecule has 1 unspecified atom stereocenters. The van der Waals surface area contributed by atoms with Gasteiger partial charge in [-0.15, -0.1) is 0 Å². The zero-order valence-electron chi connectivity index (χ0n) is 8.76. The lowest BCUT2D eigenvalue weighted by Crippen LogP contribution is -2.32. The SMILES string of the molecule is CC(C=O)COC(C)(C)C(C)C. The Morgan fingerprint density at radius 3 is 2.17 bits per heavy atom. The molecule has 0 saturated carbocycles. The molecule has 0 aliphatic rings. The maximum absolute atomic E-state index is 10.3. The largest absolute Gasteiger partial charge is 0.375 e. The molecule has 2 nitrogen and oxygen atoms in total. The van der Waals surface area contributed by atoms with Gasteiger partial charge in [0.1, 0.15) is 6.29 Å². The Morgan fingerprint density at radius 2 is 1.83 bits per heavy atom. The van der Waals surface area contributed by atoms with E-state index in [2.05, 4.69) is 27.7 Å². The molecule has 1 atom stereocenters. The maximum atomic E-state index is 10.3. The fourth-order valence-electron chi connectivity index (χ4n) is 0.552. The molecule has 0 rings (SSSR count). The summed E-state index contributed by atoms with van der Waals surface area (Å²) in [6.45, 7) is 10.7. The van der Waals surface area contributed by atoms with E-state index in [1.54, 1.807) is 0 Å². The highest BCUT2D eigenvalue weighted by molar-refractivity contribution is 5.52. The third-order valence-electron chi connectivity index (χ3n) is 2.34. The van der Waals surface area contributed by atoms with Crippen LogP contribution in [-0.2, 0) is 9.53 Å². The summed E-state index contributed by atoms with van der Waals surface area (Å²) in [4.78, 5) is 10.3. The lowest BCUT2D eigenvalue weighted by atomic mass is 9.94. The van der Waals surface area contributed by atoms with E-state index < -0.39 is 0 Å². The van der Waals surface area contributed by atoms with E-state index in [4.69, 9.17) is 4.74 Å². The van der Waals surface area contributed by atoms with Crippen molar-refractivity contribution in [1.29, 1.82) is 0 Å². The van der Waals surface area contributed by atoms with Crippen LogP contribution in [-0.4, -0.2) is 18.5 Å². The molecule has 72 valence electrons. The fraction of sp³-hybridized carbons (Fsp3) is 0.900. The molecule has 0 aromatic carbocycles. The number of aldehydes is 1. The Morgan fingerprint density at radius 1 is 1.33 bits per heavy atom. The standard InChI is InChI=1S/C10H20O2/c1-8(2)10(4,5)12-7-9(3)6-11/h6,8-9H,7H2,1-5H3. The summed E-state index contributed by atoms with van der Waals surface area (Å²) >= 11 is 0. The van der Waals surface area contributed by atoms with Gasteiger partial charge < -0.3 is 9.53 Å². The van der Waals surface area contributed by atoms with Crippen molar-refractivity contribution in [2.45, 2.75) is 40.2 Å². The highest BCUT2D eigenvalue weighted by Gasteiger charge is 2.23. The zero-order valence-corrected chi connectivity index (χ0v) is 8.76. The molecule has 0 spiro atoms. The minimum atomic E-state index is -0.128. The first kappa shape index (κ1) is 11.6. The molecule has 0 radical (unpaired) electrons. The van der Waals surface area contributed by atoms with Crippen LogP contribution in [0.15, 0.2) is 0 Å². The van der Waals surface area contributed by atoms with E-state index in [0.29, 0.717) is 12.5 Å². The van der Waals surface area contributed by atoms with Crippen molar-refractivity contribution < 1.29 is 9.53 Å². The summed E-state index contributed by atoms with van der Waals surface area (Å²) in [5.41, 5.74) is -0.128. The predicted molar refractivity (Wildman–Crippen MR) is 50.1 cm³/mol. The molecule has 0 bridgehead atoms. The number of hydrogen-bond acceptors (Lipinski definition) is 2. The van der Waals surface area contributed by atoms with Crippen LogP contribution in [0.1, 0.15) is 34.6 Å². The Labute approximate surface area is 75.3 Å². The van der Waals surface area contributed by atoms with Crippen molar-refractivity contribution in [3.8, 4) is 0 Å². The minimum Gasteiger partial charge on any atom is -0.375 e. The van der Waals surface area contributed by atoms with Crippen LogP contribution in [0.25, 0.3) is 0 Å². The molecule has 0 aliphatic carbocycles. The van der Waals surface area contributed by atoms with Crippen LogP contribution in [0.5, 0.6) is 0 Å². The summed E-state index contributed by atoms with van der Waals surface area (Å²) in [7, 11) is 0. The zero-order chi connectivity index (χ0) is 9.78. The summed E-state index contributed by atoms with van der Waals surface area (Å²) in [6, 6.07) is 0. The third kappa shape index (κ3) is 3.86. The lowest BCUT2D eigenvalue weighted by molar-refractivity contribution is -0.116. The topological polar surface area (TPSA) is 26.3 Å². The van der Waals surface area contributed by atoms with Gasteiger partial charge in [-0.2, -0.15) is 0 Å². The van der Waals surface area contributed by atoms with Crippen molar-refractivity contribution in [3.05, 3.63) is 0 Å². The van der Waals surface area contributed by atoms with E-state index in [-0.39, 0.29) is 11.5 Å². The molecular weight excluding hydrogens is 152 g/mol. The molecular formula is C10H20O2. The van der Waals surface area contributed by atoms with Crippen molar-refractivity contribution in [2.24, 2.45) is 11.8 Å². The van der Waals surface area contributed by atoms with Crippen LogP contribution >= 0.6 is 0 Å². The molecule has 2 heteroatoms. The summed E-state index contributed by atoms with van der Waals surface area (Å²) < 4.78 is 5.61. The van der Waals surface area contributed by atoms with Gasteiger partial charge in [0.15, 0.2) is 0 Å². The molecule has 0 amide bonds. The van der Waals surface area contributed by atoms with Gasteiger partial charge >= 0.3 is 0 Å². The van der Waals surface area contributed by atoms with Gasteiger partial charge in [0.2, 0.25) is 0 Å². The number of rotatable bonds is 5. The van der Waals surface area contributed by atoms with E-state index in [0.717, 1.165) is 6.29 Å². The van der Waals surface area contributed by atoms with Crippen LogP contribution in [0, 0.1) is 11.8 Å². The van der Waals surface area contributed by atoms with Crippen molar-refractivity contribution in [3.63, 3.8) is 0 Å². The van der Waals surface area contributed by atoms with Gasteiger partial charge in [0.05, 0.1) is 12.2 Å². The fourth-order valence-corrected chi connectivity index (χ4v) is 0.552. The second-order valence-corrected chi connectivity index (χ2v) is 4.18. The molecule has 0 aromatic heterocycles. The highest BCUT2D eigenvalue weighted by Crippen LogP contribution is 2.20. The monoisotopic (exact) mass is 172 g/mol. The Kier molecular flexibility index (Phi) is 4.46. The van der Waals surface area contributed by atoms with Gasteiger partial charge in [-0.05, 0) is 19.8 Å². The average molecular weight is 172 g/mol. The van der Waals surface area contributed by atoms with E-state index >= 15 is 0 Å². The van der Waals surface area contributed by atoms with Crippen molar-refractivity contribution in [2.75, 3.05) is 6.61 Å². The number of carbonyl (C=O) groups is 1. The van der Waals surface area contributed by atoms with Gasteiger partial charge in [-0.3, -0.25) is 0 Å². The molecule has 0 fully saturated rings. The Balaban J connectivity index is 3.83. The van der Waals surface area contributed by atoms with Crippen LogP contribution in [0.3, 0.4) is 0 Å². The summed E-state index contributed by atoms with van der Waals surface area (Å²) in [5.74, 6) is 0.472. The average Bonchev–Trinajstić information content (AvgIpc) is 2.00. The van der Waals surface area contributed by atoms with E-state index in [9.17, 15) is 4.79 Å². The Hall–Kier alpha value is -0.370. The molecule has 12 heavy (non-hydrogen) atoms. The van der Waals surface area contributed by atoms with Gasteiger partial charge in [-0.1, -0.05) is 20.8 Å².